The summed E-state index contributed by atoms with van der Waals surface area (Å²) in [6.07, 6.45) is 1.89. The molecule has 0 aliphatic heterocycles. The van der Waals surface area contributed by atoms with E-state index in [1.165, 1.54) is 5.56 Å². The number of nitrogens with one attached hydrogen (secondary N) is 1. The predicted molar refractivity (Wildman–Crippen MR) is 83.9 cm³/mol. The molecule has 106 valence electrons. The zero-order valence-electron chi connectivity index (χ0n) is 11.8. The van der Waals surface area contributed by atoms with E-state index < -0.39 is 5.82 Å². The van der Waals surface area contributed by atoms with E-state index in [4.69, 9.17) is 11.6 Å². The highest BCUT2D eigenvalue weighted by molar-refractivity contribution is 6.31. The fraction of sp³-hybridized carbons (Fsp3) is 0.294. The van der Waals surface area contributed by atoms with E-state index in [2.05, 4.69) is 43.4 Å². The standard InChI is InChI=1S/C17H19ClFN/c1-3-12-8-10-13(11-9-12)15(4-2)20-16-7-5-6-14(18)17(16)19/h5-11,15,20H,3-4H2,1-2H3. The lowest BCUT2D eigenvalue weighted by atomic mass is 10.0. The highest BCUT2D eigenvalue weighted by atomic mass is 35.5. The van der Waals surface area contributed by atoms with E-state index in [-0.39, 0.29) is 11.1 Å². The van der Waals surface area contributed by atoms with Crippen molar-refractivity contribution < 1.29 is 4.39 Å². The van der Waals surface area contributed by atoms with Crippen molar-refractivity contribution in [3.8, 4) is 0 Å². The maximum atomic E-state index is 13.9. The average molecular weight is 292 g/mol. The third kappa shape index (κ3) is 3.31. The average Bonchev–Trinajstić information content (AvgIpc) is 2.49. The van der Waals surface area contributed by atoms with Crippen molar-refractivity contribution >= 4 is 17.3 Å². The molecule has 20 heavy (non-hydrogen) atoms. The van der Waals surface area contributed by atoms with Crippen LogP contribution in [0.15, 0.2) is 42.5 Å². The number of rotatable bonds is 5. The van der Waals surface area contributed by atoms with Gasteiger partial charge in [0.25, 0.3) is 0 Å². The van der Waals surface area contributed by atoms with E-state index in [1.54, 1.807) is 18.2 Å². The summed E-state index contributed by atoms with van der Waals surface area (Å²) in [7, 11) is 0. The molecule has 2 rings (SSSR count). The van der Waals surface area contributed by atoms with Crippen LogP contribution < -0.4 is 5.32 Å². The molecule has 0 radical (unpaired) electrons. The molecule has 0 aromatic heterocycles. The van der Waals surface area contributed by atoms with Crippen molar-refractivity contribution in [2.45, 2.75) is 32.7 Å². The molecule has 2 aromatic carbocycles. The van der Waals surface area contributed by atoms with Gasteiger partial charge in [0.05, 0.1) is 16.8 Å². The first-order valence-electron chi connectivity index (χ1n) is 6.95. The summed E-state index contributed by atoms with van der Waals surface area (Å²) >= 11 is 5.81. The number of halogens is 2. The molecule has 0 amide bonds. The minimum Gasteiger partial charge on any atom is -0.376 e. The Kier molecular flexibility index (Phi) is 5.02. The van der Waals surface area contributed by atoms with Crippen molar-refractivity contribution in [1.82, 2.24) is 0 Å². The number of benzene rings is 2. The van der Waals surface area contributed by atoms with Crippen LogP contribution in [0.5, 0.6) is 0 Å². The molecule has 1 unspecified atom stereocenters. The van der Waals surface area contributed by atoms with Gasteiger partial charge in [0.1, 0.15) is 0 Å². The van der Waals surface area contributed by atoms with E-state index in [0.29, 0.717) is 5.69 Å². The Morgan fingerprint density at radius 2 is 1.80 bits per heavy atom. The van der Waals surface area contributed by atoms with Crippen LogP contribution in [0.1, 0.15) is 37.4 Å². The first-order valence-corrected chi connectivity index (χ1v) is 7.32. The van der Waals surface area contributed by atoms with Crippen molar-refractivity contribution in [3.63, 3.8) is 0 Å². The second kappa shape index (κ2) is 6.76. The van der Waals surface area contributed by atoms with Gasteiger partial charge in [0.15, 0.2) is 5.82 Å². The van der Waals surface area contributed by atoms with Crippen molar-refractivity contribution in [2.75, 3.05) is 5.32 Å². The maximum Gasteiger partial charge on any atom is 0.164 e. The van der Waals surface area contributed by atoms with Gasteiger partial charge in [-0.05, 0) is 36.1 Å². The maximum absolute atomic E-state index is 13.9. The summed E-state index contributed by atoms with van der Waals surface area (Å²) in [6.45, 7) is 4.21. The zero-order chi connectivity index (χ0) is 14.5. The highest BCUT2D eigenvalue weighted by Crippen LogP contribution is 2.27. The Hall–Kier alpha value is -1.54. The second-order valence-corrected chi connectivity index (χ2v) is 5.21. The third-order valence-electron chi connectivity index (χ3n) is 3.48. The minimum absolute atomic E-state index is 0.0777. The Morgan fingerprint density at radius 1 is 1.10 bits per heavy atom. The van der Waals surface area contributed by atoms with Crippen LogP contribution in [0.3, 0.4) is 0 Å². The molecule has 2 aromatic rings. The monoisotopic (exact) mass is 291 g/mol. The summed E-state index contributed by atoms with van der Waals surface area (Å²) in [6, 6.07) is 13.5. The van der Waals surface area contributed by atoms with E-state index in [0.717, 1.165) is 18.4 Å². The largest absolute Gasteiger partial charge is 0.376 e. The topological polar surface area (TPSA) is 12.0 Å². The molecule has 0 fully saturated rings. The summed E-state index contributed by atoms with van der Waals surface area (Å²) in [5.41, 5.74) is 2.91. The third-order valence-corrected chi connectivity index (χ3v) is 3.77. The van der Waals surface area contributed by atoms with Gasteiger partial charge in [0.2, 0.25) is 0 Å². The van der Waals surface area contributed by atoms with Gasteiger partial charge in [-0.25, -0.2) is 4.39 Å². The van der Waals surface area contributed by atoms with Gasteiger partial charge >= 0.3 is 0 Å². The summed E-state index contributed by atoms with van der Waals surface area (Å²) in [5.74, 6) is -0.391. The van der Waals surface area contributed by atoms with Gasteiger partial charge in [-0.15, -0.1) is 0 Å². The van der Waals surface area contributed by atoms with Crippen LogP contribution in [-0.4, -0.2) is 0 Å². The van der Waals surface area contributed by atoms with Crippen LogP contribution in [0.4, 0.5) is 10.1 Å². The SMILES string of the molecule is CCc1ccc(C(CC)Nc2cccc(Cl)c2F)cc1. The molecule has 0 heterocycles. The van der Waals surface area contributed by atoms with E-state index in [1.807, 2.05) is 0 Å². The fourth-order valence-electron chi connectivity index (χ4n) is 2.21. The Balaban J connectivity index is 2.21. The van der Waals surface area contributed by atoms with Crippen LogP contribution in [0, 0.1) is 5.82 Å². The molecule has 0 saturated heterocycles. The van der Waals surface area contributed by atoms with Gasteiger partial charge in [-0.2, -0.15) is 0 Å². The van der Waals surface area contributed by atoms with Gasteiger partial charge in [-0.1, -0.05) is 55.8 Å². The van der Waals surface area contributed by atoms with Crippen molar-refractivity contribution in [2.24, 2.45) is 0 Å². The summed E-state index contributed by atoms with van der Waals surface area (Å²) < 4.78 is 13.9. The molecule has 1 N–H and O–H groups in total. The minimum atomic E-state index is -0.391. The number of aryl methyl sites for hydroxylation is 1. The van der Waals surface area contributed by atoms with Crippen LogP contribution >= 0.6 is 11.6 Å². The second-order valence-electron chi connectivity index (χ2n) is 4.80. The number of hydrogen-bond acceptors (Lipinski definition) is 1. The summed E-state index contributed by atoms with van der Waals surface area (Å²) in [4.78, 5) is 0. The summed E-state index contributed by atoms with van der Waals surface area (Å²) in [5, 5.41) is 3.38. The zero-order valence-corrected chi connectivity index (χ0v) is 12.5. The highest BCUT2D eigenvalue weighted by Gasteiger charge is 2.13. The van der Waals surface area contributed by atoms with Crippen LogP contribution in [0.25, 0.3) is 0 Å². The Morgan fingerprint density at radius 3 is 2.40 bits per heavy atom. The van der Waals surface area contributed by atoms with Gasteiger partial charge < -0.3 is 5.32 Å². The molecule has 0 bridgehead atoms. The molecule has 0 aliphatic rings. The lowest BCUT2D eigenvalue weighted by molar-refractivity contribution is 0.624. The van der Waals surface area contributed by atoms with Gasteiger partial charge in [0, 0.05) is 0 Å². The van der Waals surface area contributed by atoms with Crippen molar-refractivity contribution in [3.05, 3.63) is 64.4 Å². The molecule has 0 saturated carbocycles. The van der Waals surface area contributed by atoms with E-state index >= 15 is 0 Å². The molecule has 0 spiro atoms. The number of hydrogen-bond donors (Lipinski definition) is 1. The molecule has 1 nitrogen and oxygen atoms in total. The molecule has 1 atom stereocenters. The fourth-order valence-corrected chi connectivity index (χ4v) is 2.38. The van der Waals surface area contributed by atoms with Crippen LogP contribution in [0.2, 0.25) is 5.02 Å². The molecular formula is C17H19ClFN. The quantitative estimate of drug-likeness (QED) is 0.755. The lowest BCUT2D eigenvalue weighted by Crippen LogP contribution is -2.11. The van der Waals surface area contributed by atoms with Gasteiger partial charge in [-0.3, -0.25) is 0 Å². The predicted octanol–water partition coefficient (Wildman–Crippen LogP) is 5.60. The smallest absolute Gasteiger partial charge is 0.164 e. The van der Waals surface area contributed by atoms with Crippen molar-refractivity contribution in [1.29, 1.82) is 0 Å². The van der Waals surface area contributed by atoms with Crippen LogP contribution in [-0.2, 0) is 6.42 Å². The first-order chi connectivity index (χ1) is 9.65. The molecular weight excluding hydrogens is 273 g/mol. The van der Waals surface area contributed by atoms with E-state index in [9.17, 15) is 4.39 Å². The lowest BCUT2D eigenvalue weighted by Gasteiger charge is -2.20. The number of anilines is 1. The molecule has 0 aliphatic carbocycles. The molecule has 3 heteroatoms. The first kappa shape index (κ1) is 14.9. The Bertz CT molecular complexity index is 566. The normalized spacial score (nSPS) is 12.2. The Labute approximate surface area is 124 Å².